The van der Waals surface area contributed by atoms with Gasteiger partial charge in [-0.15, -0.1) is 0 Å². The minimum Gasteiger partial charge on any atom is -0.376 e. The SMILES string of the molecule is Fc1ccc2c(CCNC(=S)NC[C@@H]3CCCO3)c[nH]c2c1. The number of fused-ring (bicyclic) bond motifs is 1. The van der Waals surface area contributed by atoms with Crippen LogP contribution in [-0.4, -0.2) is 35.9 Å². The zero-order chi connectivity index (χ0) is 15.4. The molecule has 1 atom stereocenters. The summed E-state index contributed by atoms with van der Waals surface area (Å²) in [6.45, 7) is 2.35. The number of H-pyrrole nitrogens is 1. The summed E-state index contributed by atoms with van der Waals surface area (Å²) in [6, 6.07) is 4.81. The molecule has 118 valence electrons. The molecule has 0 amide bonds. The molecule has 0 unspecified atom stereocenters. The molecule has 6 heteroatoms. The number of thiocarbonyl (C=S) groups is 1. The van der Waals surface area contributed by atoms with Crippen LogP contribution >= 0.6 is 12.2 Å². The summed E-state index contributed by atoms with van der Waals surface area (Å²) in [5, 5.41) is 8.10. The first-order valence-electron chi connectivity index (χ1n) is 7.61. The monoisotopic (exact) mass is 321 g/mol. The highest BCUT2D eigenvalue weighted by Gasteiger charge is 2.15. The first-order chi connectivity index (χ1) is 10.7. The minimum absolute atomic E-state index is 0.224. The summed E-state index contributed by atoms with van der Waals surface area (Å²) in [5.41, 5.74) is 1.98. The van der Waals surface area contributed by atoms with Gasteiger partial charge in [0.1, 0.15) is 5.82 Å². The highest BCUT2D eigenvalue weighted by atomic mass is 32.1. The van der Waals surface area contributed by atoms with Crippen LogP contribution in [0.2, 0.25) is 0 Å². The zero-order valence-electron chi connectivity index (χ0n) is 12.3. The van der Waals surface area contributed by atoms with Crippen molar-refractivity contribution in [1.29, 1.82) is 0 Å². The number of benzene rings is 1. The van der Waals surface area contributed by atoms with E-state index >= 15 is 0 Å². The van der Waals surface area contributed by atoms with Crippen molar-refractivity contribution in [3.63, 3.8) is 0 Å². The normalized spacial score (nSPS) is 17.8. The third-order valence-corrected chi connectivity index (χ3v) is 4.21. The topological polar surface area (TPSA) is 49.1 Å². The molecule has 0 aliphatic carbocycles. The van der Waals surface area contributed by atoms with Gasteiger partial charge >= 0.3 is 0 Å². The van der Waals surface area contributed by atoms with Gasteiger partial charge in [0.2, 0.25) is 0 Å². The summed E-state index contributed by atoms with van der Waals surface area (Å²) >= 11 is 5.26. The second-order valence-electron chi connectivity index (χ2n) is 5.53. The molecule has 0 saturated carbocycles. The maximum absolute atomic E-state index is 13.1. The molecule has 1 aliphatic heterocycles. The quantitative estimate of drug-likeness (QED) is 0.741. The number of aromatic amines is 1. The Morgan fingerprint density at radius 2 is 2.32 bits per heavy atom. The number of nitrogens with one attached hydrogen (secondary N) is 3. The van der Waals surface area contributed by atoms with E-state index < -0.39 is 0 Å². The fraction of sp³-hybridized carbons (Fsp3) is 0.438. The van der Waals surface area contributed by atoms with Crippen molar-refractivity contribution in [2.24, 2.45) is 0 Å². The predicted octanol–water partition coefficient (Wildman–Crippen LogP) is 2.49. The number of aromatic nitrogens is 1. The van der Waals surface area contributed by atoms with Crippen LogP contribution in [0, 0.1) is 5.82 Å². The molecule has 1 aliphatic rings. The lowest BCUT2D eigenvalue weighted by atomic mass is 10.1. The van der Waals surface area contributed by atoms with Gasteiger partial charge in [0.15, 0.2) is 5.11 Å². The standard InChI is InChI=1S/C16H20FN3OS/c17-12-3-4-14-11(9-19-15(14)8-12)5-6-18-16(22)20-10-13-2-1-7-21-13/h3-4,8-9,13,19H,1-2,5-7,10H2,(H2,18,20,22)/t13-/m0/s1. The van der Waals surface area contributed by atoms with Crippen molar-refractivity contribution in [1.82, 2.24) is 15.6 Å². The van der Waals surface area contributed by atoms with Crippen LogP contribution in [0.3, 0.4) is 0 Å². The summed E-state index contributed by atoms with van der Waals surface area (Å²) in [4.78, 5) is 3.10. The molecule has 0 spiro atoms. The van der Waals surface area contributed by atoms with E-state index in [0.29, 0.717) is 5.11 Å². The van der Waals surface area contributed by atoms with Crippen LogP contribution in [0.1, 0.15) is 18.4 Å². The van der Waals surface area contributed by atoms with Crippen molar-refractivity contribution in [2.75, 3.05) is 19.7 Å². The fourth-order valence-electron chi connectivity index (χ4n) is 2.75. The maximum atomic E-state index is 13.1. The summed E-state index contributed by atoms with van der Waals surface area (Å²) in [7, 11) is 0. The molecule has 1 aromatic carbocycles. The highest BCUT2D eigenvalue weighted by molar-refractivity contribution is 7.80. The number of rotatable bonds is 5. The van der Waals surface area contributed by atoms with E-state index in [0.717, 1.165) is 55.4 Å². The third kappa shape index (κ3) is 3.75. The summed E-state index contributed by atoms with van der Waals surface area (Å²) < 4.78 is 18.7. The fourth-order valence-corrected chi connectivity index (χ4v) is 2.94. The van der Waals surface area contributed by atoms with Crippen molar-refractivity contribution in [2.45, 2.75) is 25.4 Å². The lowest BCUT2D eigenvalue weighted by Crippen LogP contribution is -2.40. The molecular weight excluding hydrogens is 301 g/mol. The van der Waals surface area contributed by atoms with Crippen molar-refractivity contribution in [3.05, 3.63) is 35.8 Å². The minimum atomic E-state index is -0.224. The molecule has 4 nitrogen and oxygen atoms in total. The van der Waals surface area contributed by atoms with Crippen molar-refractivity contribution >= 4 is 28.2 Å². The van der Waals surface area contributed by atoms with E-state index in [9.17, 15) is 4.39 Å². The van der Waals surface area contributed by atoms with E-state index in [1.54, 1.807) is 0 Å². The van der Waals surface area contributed by atoms with Crippen LogP contribution in [0.15, 0.2) is 24.4 Å². The molecular formula is C16H20FN3OS. The van der Waals surface area contributed by atoms with Gasteiger partial charge in [-0.3, -0.25) is 0 Å². The third-order valence-electron chi connectivity index (χ3n) is 3.92. The van der Waals surface area contributed by atoms with E-state index in [1.807, 2.05) is 12.3 Å². The van der Waals surface area contributed by atoms with E-state index in [2.05, 4.69) is 15.6 Å². The Labute approximate surface area is 134 Å². The Bertz CT molecular complexity index is 652. The van der Waals surface area contributed by atoms with Gasteiger partial charge in [0.25, 0.3) is 0 Å². The number of ether oxygens (including phenoxy) is 1. The van der Waals surface area contributed by atoms with Gasteiger partial charge in [-0.2, -0.15) is 0 Å². The van der Waals surface area contributed by atoms with Gasteiger partial charge in [-0.25, -0.2) is 4.39 Å². The molecule has 0 bridgehead atoms. The zero-order valence-corrected chi connectivity index (χ0v) is 13.1. The van der Waals surface area contributed by atoms with Gasteiger partial charge in [-0.05, 0) is 55.2 Å². The van der Waals surface area contributed by atoms with Crippen molar-refractivity contribution < 1.29 is 9.13 Å². The van der Waals surface area contributed by atoms with Gasteiger partial charge in [0, 0.05) is 36.8 Å². The lowest BCUT2D eigenvalue weighted by Gasteiger charge is -2.13. The van der Waals surface area contributed by atoms with E-state index in [4.69, 9.17) is 17.0 Å². The average molecular weight is 321 g/mol. The summed E-state index contributed by atoms with van der Waals surface area (Å²) in [5.74, 6) is -0.224. The molecule has 1 fully saturated rings. The molecule has 1 saturated heterocycles. The summed E-state index contributed by atoms with van der Waals surface area (Å²) in [6.07, 6.45) is 5.26. The molecule has 22 heavy (non-hydrogen) atoms. The molecule has 2 heterocycles. The Balaban J connectivity index is 1.44. The Morgan fingerprint density at radius 1 is 1.41 bits per heavy atom. The smallest absolute Gasteiger partial charge is 0.166 e. The molecule has 2 aromatic rings. The van der Waals surface area contributed by atoms with Gasteiger partial charge < -0.3 is 20.4 Å². The Morgan fingerprint density at radius 3 is 3.14 bits per heavy atom. The lowest BCUT2D eigenvalue weighted by molar-refractivity contribution is 0.114. The first-order valence-corrected chi connectivity index (χ1v) is 8.02. The van der Waals surface area contributed by atoms with Crippen LogP contribution < -0.4 is 10.6 Å². The van der Waals surface area contributed by atoms with Gasteiger partial charge in [0.05, 0.1) is 6.10 Å². The molecule has 0 radical (unpaired) electrons. The number of halogens is 1. The van der Waals surface area contributed by atoms with E-state index in [-0.39, 0.29) is 11.9 Å². The van der Waals surface area contributed by atoms with Crippen LogP contribution in [0.25, 0.3) is 10.9 Å². The van der Waals surface area contributed by atoms with Gasteiger partial charge in [-0.1, -0.05) is 0 Å². The van der Waals surface area contributed by atoms with Crippen LogP contribution in [0.4, 0.5) is 4.39 Å². The molecule has 3 N–H and O–H groups in total. The largest absolute Gasteiger partial charge is 0.376 e. The molecule has 1 aromatic heterocycles. The van der Waals surface area contributed by atoms with E-state index in [1.165, 1.54) is 12.1 Å². The van der Waals surface area contributed by atoms with Crippen LogP contribution in [-0.2, 0) is 11.2 Å². The molecule has 3 rings (SSSR count). The highest BCUT2D eigenvalue weighted by Crippen LogP contribution is 2.19. The Hall–Kier alpha value is -1.66. The first kappa shape index (κ1) is 15.2. The number of hydrogen-bond donors (Lipinski definition) is 3. The maximum Gasteiger partial charge on any atom is 0.166 e. The average Bonchev–Trinajstić information content (AvgIpc) is 3.15. The second kappa shape index (κ2) is 7.07. The van der Waals surface area contributed by atoms with Crippen molar-refractivity contribution in [3.8, 4) is 0 Å². The second-order valence-corrected chi connectivity index (χ2v) is 5.93. The Kier molecular flexibility index (Phi) is 4.90. The van der Waals surface area contributed by atoms with Crippen LogP contribution in [0.5, 0.6) is 0 Å². The number of hydrogen-bond acceptors (Lipinski definition) is 2. The predicted molar refractivity (Wildman–Crippen MR) is 89.5 cm³/mol.